The Hall–Kier alpha value is -1.36. The Morgan fingerprint density at radius 1 is 1.53 bits per heavy atom. The van der Waals surface area contributed by atoms with Crippen LogP contribution in [0.3, 0.4) is 0 Å². The summed E-state index contributed by atoms with van der Waals surface area (Å²) in [6.07, 6.45) is 1.86. The quantitative estimate of drug-likeness (QED) is 0.907. The van der Waals surface area contributed by atoms with Crippen molar-refractivity contribution < 1.29 is 13.9 Å². The third kappa shape index (κ3) is 3.56. The van der Waals surface area contributed by atoms with Crippen LogP contribution in [0.2, 0.25) is 0 Å². The van der Waals surface area contributed by atoms with Crippen LogP contribution in [0.1, 0.15) is 50.0 Å². The number of hydrogen-bond acceptors (Lipinski definition) is 4. The van der Waals surface area contributed by atoms with Crippen molar-refractivity contribution in [2.75, 3.05) is 13.2 Å². The van der Waals surface area contributed by atoms with E-state index in [2.05, 4.69) is 10.3 Å². The molecule has 1 aliphatic rings. The third-order valence-corrected chi connectivity index (χ3v) is 3.36. The van der Waals surface area contributed by atoms with Gasteiger partial charge in [0.05, 0.1) is 24.8 Å². The normalized spacial score (nSPS) is 19.7. The average Bonchev–Trinajstić information content (AvgIpc) is 2.79. The minimum Gasteiger partial charge on any atom is -0.443 e. The highest BCUT2D eigenvalue weighted by Gasteiger charge is 2.22. The first-order chi connectivity index (χ1) is 9.08. The molecule has 0 aromatic carbocycles. The van der Waals surface area contributed by atoms with E-state index in [-0.39, 0.29) is 17.7 Å². The van der Waals surface area contributed by atoms with E-state index in [4.69, 9.17) is 9.15 Å². The number of oxazole rings is 1. The summed E-state index contributed by atoms with van der Waals surface area (Å²) in [4.78, 5) is 16.3. The van der Waals surface area contributed by atoms with Gasteiger partial charge in [-0.25, -0.2) is 4.98 Å². The molecule has 5 heteroatoms. The Balaban J connectivity index is 1.89. The van der Waals surface area contributed by atoms with E-state index in [1.54, 1.807) is 0 Å². The molecule has 0 unspecified atom stereocenters. The van der Waals surface area contributed by atoms with E-state index in [0.717, 1.165) is 36.8 Å². The fraction of sp³-hybridized carbons (Fsp3) is 0.714. The highest BCUT2D eigenvalue weighted by molar-refractivity contribution is 5.78. The molecule has 0 spiro atoms. The Bertz CT molecular complexity index is 434. The Labute approximate surface area is 113 Å². The summed E-state index contributed by atoms with van der Waals surface area (Å²) in [5.74, 6) is 1.74. The SMILES string of the molecule is Cc1nc(C(C)C)oc1CNC(=O)[C@@H]1CCCOC1. The summed E-state index contributed by atoms with van der Waals surface area (Å²) in [5.41, 5.74) is 0.851. The summed E-state index contributed by atoms with van der Waals surface area (Å²) < 4.78 is 11.0. The first kappa shape index (κ1) is 14.1. The van der Waals surface area contributed by atoms with Crippen LogP contribution in [0.4, 0.5) is 0 Å². The number of nitrogens with one attached hydrogen (secondary N) is 1. The summed E-state index contributed by atoms with van der Waals surface area (Å²) in [5, 5.41) is 2.91. The minimum absolute atomic E-state index is 0.0263. The zero-order valence-corrected chi connectivity index (χ0v) is 11.9. The number of amides is 1. The number of aromatic nitrogens is 1. The lowest BCUT2D eigenvalue weighted by Crippen LogP contribution is -2.35. The maximum Gasteiger partial charge on any atom is 0.225 e. The molecule has 106 valence electrons. The monoisotopic (exact) mass is 266 g/mol. The number of nitrogens with zero attached hydrogens (tertiary/aromatic N) is 1. The molecule has 1 N–H and O–H groups in total. The molecule has 19 heavy (non-hydrogen) atoms. The van der Waals surface area contributed by atoms with E-state index in [0.29, 0.717) is 13.2 Å². The number of carbonyl (C=O) groups is 1. The van der Waals surface area contributed by atoms with Crippen molar-refractivity contribution >= 4 is 5.91 Å². The molecule has 1 saturated heterocycles. The smallest absolute Gasteiger partial charge is 0.225 e. The molecule has 2 heterocycles. The Morgan fingerprint density at radius 3 is 2.89 bits per heavy atom. The highest BCUT2D eigenvalue weighted by atomic mass is 16.5. The van der Waals surface area contributed by atoms with Crippen molar-refractivity contribution in [3.05, 3.63) is 17.3 Å². The van der Waals surface area contributed by atoms with Crippen LogP contribution in [0, 0.1) is 12.8 Å². The topological polar surface area (TPSA) is 64.4 Å². The van der Waals surface area contributed by atoms with Crippen molar-refractivity contribution in [1.29, 1.82) is 0 Å². The van der Waals surface area contributed by atoms with Gasteiger partial charge in [0, 0.05) is 12.5 Å². The zero-order chi connectivity index (χ0) is 13.8. The molecule has 1 fully saturated rings. The average molecular weight is 266 g/mol. The zero-order valence-electron chi connectivity index (χ0n) is 11.9. The Kier molecular flexibility index (Phi) is 4.58. The molecule has 1 aliphatic heterocycles. The third-order valence-electron chi connectivity index (χ3n) is 3.36. The number of rotatable bonds is 4. The van der Waals surface area contributed by atoms with Crippen LogP contribution in [-0.2, 0) is 16.1 Å². The largest absolute Gasteiger partial charge is 0.443 e. The predicted molar refractivity (Wildman–Crippen MR) is 70.7 cm³/mol. The summed E-state index contributed by atoms with van der Waals surface area (Å²) in [6, 6.07) is 0. The van der Waals surface area contributed by atoms with Crippen molar-refractivity contribution in [2.24, 2.45) is 5.92 Å². The number of carbonyl (C=O) groups excluding carboxylic acids is 1. The second-order valence-electron chi connectivity index (χ2n) is 5.35. The van der Waals surface area contributed by atoms with Crippen LogP contribution in [0.15, 0.2) is 4.42 Å². The van der Waals surface area contributed by atoms with Gasteiger partial charge in [-0.2, -0.15) is 0 Å². The Morgan fingerprint density at radius 2 is 2.32 bits per heavy atom. The van der Waals surface area contributed by atoms with Crippen molar-refractivity contribution in [1.82, 2.24) is 10.3 Å². The fourth-order valence-corrected chi connectivity index (χ4v) is 2.12. The summed E-state index contributed by atoms with van der Waals surface area (Å²) in [7, 11) is 0. The van der Waals surface area contributed by atoms with E-state index in [1.165, 1.54) is 0 Å². The molecule has 0 radical (unpaired) electrons. The number of ether oxygens (including phenoxy) is 1. The summed E-state index contributed by atoms with van der Waals surface area (Å²) in [6.45, 7) is 7.67. The van der Waals surface area contributed by atoms with Crippen molar-refractivity contribution in [2.45, 2.75) is 46.1 Å². The molecular formula is C14H22N2O3. The minimum atomic E-state index is -0.0263. The maximum absolute atomic E-state index is 12.0. The van der Waals surface area contributed by atoms with Crippen LogP contribution in [0.25, 0.3) is 0 Å². The van der Waals surface area contributed by atoms with E-state index < -0.39 is 0 Å². The number of hydrogen-bond donors (Lipinski definition) is 1. The lowest BCUT2D eigenvalue weighted by atomic mass is 10.0. The van der Waals surface area contributed by atoms with Crippen LogP contribution in [0.5, 0.6) is 0 Å². The molecule has 0 saturated carbocycles. The molecule has 1 atom stereocenters. The first-order valence-corrected chi connectivity index (χ1v) is 6.89. The molecule has 0 bridgehead atoms. The molecule has 1 aromatic heterocycles. The van der Waals surface area contributed by atoms with Gasteiger partial charge in [-0.15, -0.1) is 0 Å². The van der Waals surface area contributed by atoms with Gasteiger partial charge in [0.25, 0.3) is 0 Å². The first-order valence-electron chi connectivity index (χ1n) is 6.89. The van der Waals surface area contributed by atoms with Crippen LogP contribution >= 0.6 is 0 Å². The fourth-order valence-electron chi connectivity index (χ4n) is 2.12. The maximum atomic E-state index is 12.0. The van der Waals surface area contributed by atoms with Gasteiger partial charge < -0.3 is 14.5 Å². The van der Waals surface area contributed by atoms with Gasteiger partial charge in [0.15, 0.2) is 5.89 Å². The standard InChI is InChI=1S/C14H22N2O3/c1-9(2)14-16-10(3)12(19-14)7-15-13(17)11-5-4-6-18-8-11/h9,11H,4-8H2,1-3H3,(H,15,17)/t11-/m1/s1. The lowest BCUT2D eigenvalue weighted by Gasteiger charge is -2.20. The second kappa shape index (κ2) is 6.19. The van der Waals surface area contributed by atoms with E-state index >= 15 is 0 Å². The molecule has 5 nitrogen and oxygen atoms in total. The van der Waals surface area contributed by atoms with Crippen LogP contribution in [-0.4, -0.2) is 24.1 Å². The molecule has 1 aromatic rings. The van der Waals surface area contributed by atoms with Gasteiger partial charge in [0.1, 0.15) is 5.76 Å². The molecule has 0 aliphatic carbocycles. The van der Waals surface area contributed by atoms with E-state index in [1.807, 2.05) is 20.8 Å². The van der Waals surface area contributed by atoms with Gasteiger partial charge in [-0.1, -0.05) is 13.8 Å². The van der Waals surface area contributed by atoms with Gasteiger partial charge in [0.2, 0.25) is 5.91 Å². The predicted octanol–water partition coefficient (Wildman–Crippen LogP) is 2.15. The lowest BCUT2D eigenvalue weighted by molar-refractivity contribution is -0.129. The van der Waals surface area contributed by atoms with Gasteiger partial charge >= 0.3 is 0 Å². The van der Waals surface area contributed by atoms with E-state index in [9.17, 15) is 4.79 Å². The molecular weight excluding hydrogens is 244 g/mol. The molecule has 2 rings (SSSR count). The number of aryl methyl sites for hydroxylation is 1. The second-order valence-corrected chi connectivity index (χ2v) is 5.35. The molecule has 1 amide bonds. The van der Waals surface area contributed by atoms with Crippen LogP contribution < -0.4 is 5.32 Å². The van der Waals surface area contributed by atoms with Crippen molar-refractivity contribution in [3.8, 4) is 0 Å². The van der Waals surface area contributed by atoms with Gasteiger partial charge in [-0.3, -0.25) is 4.79 Å². The summed E-state index contributed by atoms with van der Waals surface area (Å²) >= 11 is 0. The van der Waals surface area contributed by atoms with Crippen molar-refractivity contribution in [3.63, 3.8) is 0 Å². The van der Waals surface area contributed by atoms with Gasteiger partial charge in [-0.05, 0) is 19.8 Å². The highest BCUT2D eigenvalue weighted by Crippen LogP contribution is 2.18.